The molecule has 0 unspecified atom stereocenters. The highest BCUT2D eigenvalue weighted by molar-refractivity contribution is 6.11. The number of hydrogen-bond donors (Lipinski definition) is 0. The Morgan fingerprint density at radius 1 is 0.380 bits per heavy atom. The van der Waals surface area contributed by atoms with E-state index in [1.807, 2.05) is 48.5 Å². The van der Waals surface area contributed by atoms with Crippen molar-refractivity contribution in [2.45, 2.75) is 0 Å². The molecule has 2 heterocycles. The maximum absolute atomic E-state index is 10.0. The first-order valence-corrected chi connectivity index (χ1v) is 16.3. The van der Waals surface area contributed by atoms with Gasteiger partial charge in [-0.25, -0.2) is 0 Å². The molecule has 5 nitrogen and oxygen atoms in total. The van der Waals surface area contributed by atoms with Gasteiger partial charge in [-0.05, 0) is 77.4 Å². The van der Waals surface area contributed by atoms with Crippen molar-refractivity contribution in [1.29, 1.82) is 15.8 Å². The molecule has 0 amide bonds. The molecule has 0 aliphatic carbocycles. The average molecular weight is 636 g/mol. The van der Waals surface area contributed by atoms with Crippen LogP contribution >= 0.6 is 0 Å². The van der Waals surface area contributed by atoms with Gasteiger partial charge in [0.1, 0.15) is 12.1 Å². The molecule has 0 aliphatic heterocycles. The summed E-state index contributed by atoms with van der Waals surface area (Å²) in [5.74, 6) is 0. The van der Waals surface area contributed by atoms with E-state index in [9.17, 15) is 15.8 Å². The van der Waals surface area contributed by atoms with Gasteiger partial charge in [0.15, 0.2) is 0 Å². The summed E-state index contributed by atoms with van der Waals surface area (Å²) in [5.41, 5.74) is 11.2. The van der Waals surface area contributed by atoms with Crippen LogP contribution in [0, 0.1) is 34.0 Å². The Hall–Kier alpha value is -7.39. The highest BCUT2D eigenvalue weighted by Crippen LogP contribution is 2.39. The Morgan fingerprint density at radius 3 is 1.58 bits per heavy atom. The predicted octanol–water partition coefficient (Wildman–Crippen LogP) is 10.8. The number of para-hydroxylation sites is 3. The lowest BCUT2D eigenvalue weighted by atomic mass is 9.95. The van der Waals surface area contributed by atoms with Gasteiger partial charge in [-0.2, -0.15) is 15.8 Å². The zero-order valence-corrected chi connectivity index (χ0v) is 26.7. The van der Waals surface area contributed by atoms with Gasteiger partial charge in [-0.15, -0.1) is 0 Å². The van der Waals surface area contributed by atoms with E-state index in [0.29, 0.717) is 16.7 Å². The van der Waals surface area contributed by atoms with Gasteiger partial charge in [0.2, 0.25) is 0 Å². The highest BCUT2D eigenvalue weighted by atomic mass is 15.0. The number of hydrogen-bond acceptors (Lipinski definition) is 3. The highest BCUT2D eigenvalue weighted by Gasteiger charge is 2.19. The van der Waals surface area contributed by atoms with Crippen molar-refractivity contribution in [1.82, 2.24) is 9.13 Å². The molecule has 0 radical (unpaired) electrons. The van der Waals surface area contributed by atoms with E-state index in [4.69, 9.17) is 0 Å². The third kappa shape index (κ3) is 4.38. The molecule has 9 aromatic rings. The molecule has 0 atom stereocenters. The Bertz CT molecular complexity index is 2900. The van der Waals surface area contributed by atoms with Crippen LogP contribution in [0.5, 0.6) is 0 Å². The lowest BCUT2D eigenvalue weighted by molar-refractivity contribution is 1.17. The molecule has 9 rings (SSSR count). The summed E-state index contributed by atoms with van der Waals surface area (Å²) in [6.45, 7) is 0. The van der Waals surface area contributed by atoms with E-state index in [0.717, 1.165) is 66.5 Å². The molecular weight excluding hydrogens is 611 g/mol. The zero-order valence-electron chi connectivity index (χ0n) is 26.7. The second-order valence-electron chi connectivity index (χ2n) is 12.3. The largest absolute Gasteiger partial charge is 0.309 e. The van der Waals surface area contributed by atoms with E-state index in [1.165, 1.54) is 10.8 Å². The Kier molecular flexibility index (Phi) is 6.56. The third-order valence-corrected chi connectivity index (χ3v) is 9.63. The summed E-state index contributed by atoms with van der Waals surface area (Å²) in [5, 5.41) is 34.1. The molecule has 5 heteroatoms. The minimum absolute atomic E-state index is 0.310. The number of nitrogens with zero attached hydrogens (tertiary/aromatic N) is 5. The van der Waals surface area contributed by atoms with Crippen molar-refractivity contribution < 1.29 is 0 Å². The van der Waals surface area contributed by atoms with Crippen LogP contribution in [0.2, 0.25) is 0 Å². The van der Waals surface area contributed by atoms with Crippen LogP contribution in [-0.4, -0.2) is 9.13 Å². The zero-order chi connectivity index (χ0) is 33.8. The summed E-state index contributed by atoms with van der Waals surface area (Å²) < 4.78 is 4.45. The molecule has 0 spiro atoms. The van der Waals surface area contributed by atoms with Crippen molar-refractivity contribution >= 4 is 43.6 Å². The fourth-order valence-corrected chi connectivity index (χ4v) is 7.36. The summed E-state index contributed by atoms with van der Waals surface area (Å²) in [4.78, 5) is 0. The number of rotatable bonds is 4. The first-order chi connectivity index (χ1) is 24.7. The van der Waals surface area contributed by atoms with Crippen LogP contribution in [0.25, 0.3) is 77.2 Å². The number of benzene rings is 7. The van der Waals surface area contributed by atoms with Gasteiger partial charge in [0.05, 0.1) is 50.5 Å². The fourth-order valence-electron chi connectivity index (χ4n) is 7.36. The lowest BCUT2D eigenvalue weighted by Crippen LogP contribution is -2.00. The van der Waals surface area contributed by atoms with Crippen molar-refractivity contribution in [2.24, 2.45) is 0 Å². The molecule has 0 bridgehead atoms. The summed E-state index contributed by atoms with van der Waals surface area (Å²) in [7, 11) is 0. The molecular formula is C45H25N5. The fraction of sp³-hybridized carbons (Fsp3) is 0. The van der Waals surface area contributed by atoms with E-state index in [1.54, 1.807) is 6.07 Å². The number of nitriles is 3. The predicted molar refractivity (Wildman–Crippen MR) is 200 cm³/mol. The van der Waals surface area contributed by atoms with E-state index in [-0.39, 0.29) is 0 Å². The molecule has 230 valence electrons. The minimum atomic E-state index is 0.310. The van der Waals surface area contributed by atoms with Crippen LogP contribution in [0.3, 0.4) is 0 Å². The molecule has 2 aromatic heterocycles. The maximum Gasteiger partial charge on any atom is 0.101 e. The smallest absolute Gasteiger partial charge is 0.101 e. The van der Waals surface area contributed by atoms with Crippen molar-refractivity contribution in [3.8, 4) is 51.8 Å². The van der Waals surface area contributed by atoms with E-state index >= 15 is 0 Å². The Morgan fingerprint density at radius 2 is 0.940 bits per heavy atom. The lowest BCUT2D eigenvalue weighted by Gasteiger charge is -2.16. The molecule has 7 aromatic carbocycles. The SMILES string of the molecule is N#Cc1ccc2c(c1)c1ccccc1n2-c1cc(C#N)c(C#N)cc1-c1ccc(-c2cccc(-n3c4ccccc4c4ccccc43)c2)cc1. The molecule has 0 saturated heterocycles. The van der Waals surface area contributed by atoms with Gasteiger partial charge in [0, 0.05) is 32.8 Å². The van der Waals surface area contributed by atoms with E-state index < -0.39 is 0 Å². The Labute approximate surface area is 287 Å². The second-order valence-corrected chi connectivity index (χ2v) is 12.3. The minimum Gasteiger partial charge on any atom is -0.309 e. The normalized spacial score (nSPS) is 11.1. The standard InChI is InChI=1S/C45H25N5/c46-26-29-16-21-44-40(22-29)38-12-3-6-15-43(38)50(44)45-25-34(28-48)33(27-47)24-39(45)31-19-17-30(18-20-31)32-8-7-9-35(23-32)49-41-13-4-1-10-36(41)37-11-2-5-14-42(37)49/h1-25H. The summed E-state index contributed by atoms with van der Waals surface area (Å²) in [6.07, 6.45) is 0. The molecule has 0 N–H and O–H groups in total. The van der Waals surface area contributed by atoms with Crippen LogP contribution in [-0.2, 0) is 0 Å². The van der Waals surface area contributed by atoms with E-state index in [2.05, 4.69) is 124 Å². The van der Waals surface area contributed by atoms with Gasteiger partial charge < -0.3 is 9.13 Å². The quantitative estimate of drug-likeness (QED) is 0.193. The second kappa shape index (κ2) is 11.4. The van der Waals surface area contributed by atoms with Crippen molar-refractivity contribution in [2.75, 3.05) is 0 Å². The van der Waals surface area contributed by atoms with Gasteiger partial charge in [0.25, 0.3) is 0 Å². The first-order valence-electron chi connectivity index (χ1n) is 16.3. The van der Waals surface area contributed by atoms with Crippen LogP contribution in [0.15, 0.2) is 152 Å². The van der Waals surface area contributed by atoms with Crippen LogP contribution in [0.4, 0.5) is 0 Å². The van der Waals surface area contributed by atoms with Crippen LogP contribution in [0.1, 0.15) is 16.7 Å². The molecule has 50 heavy (non-hydrogen) atoms. The molecule has 0 saturated carbocycles. The topological polar surface area (TPSA) is 81.2 Å². The van der Waals surface area contributed by atoms with Gasteiger partial charge in [-0.3, -0.25) is 0 Å². The van der Waals surface area contributed by atoms with Crippen molar-refractivity contribution in [3.63, 3.8) is 0 Å². The molecule has 0 aliphatic rings. The number of aromatic nitrogens is 2. The summed E-state index contributed by atoms with van der Waals surface area (Å²) in [6, 6.07) is 58.1. The van der Waals surface area contributed by atoms with Crippen molar-refractivity contribution in [3.05, 3.63) is 168 Å². The van der Waals surface area contributed by atoms with Gasteiger partial charge in [-0.1, -0.05) is 91.0 Å². The summed E-state index contributed by atoms with van der Waals surface area (Å²) >= 11 is 0. The first kappa shape index (κ1) is 28.8. The van der Waals surface area contributed by atoms with Gasteiger partial charge >= 0.3 is 0 Å². The Balaban J connectivity index is 1.20. The third-order valence-electron chi connectivity index (χ3n) is 9.63. The average Bonchev–Trinajstić information content (AvgIpc) is 3.70. The van der Waals surface area contributed by atoms with Crippen LogP contribution < -0.4 is 0 Å². The maximum atomic E-state index is 10.0. The molecule has 0 fully saturated rings. The number of fused-ring (bicyclic) bond motifs is 6. The monoisotopic (exact) mass is 635 g/mol.